The molecule has 0 aromatic heterocycles. The summed E-state index contributed by atoms with van der Waals surface area (Å²) < 4.78 is 0.405. The molecular formula is C13H15BrN2O5. The van der Waals surface area contributed by atoms with Crippen molar-refractivity contribution in [1.82, 2.24) is 5.32 Å². The molecule has 0 bridgehead atoms. The molecule has 0 heterocycles. The van der Waals surface area contributed by atoms with Gasteiger partial charge in [-0.2, -0.15) is 0 Å². The molecule has 1 aromatic carbocycles. The van der Waals surface area contributed by atoms with Crippen LogP contribution in [0, 0.1) is 22.0 Å². The van der Waals surface area contributed by atoms with Crippen molar-refractivity contribution < 1.29 is 19.6 Å². The number of nitrogens with zero attached hydrogens (tertiary/aromatic N) is 1. The lowest BCUT2D eigenvalue weighted by Gasteiger charge is -2.16. The lowest BCUT2D eigenvalue weighted by Crippen LogP contribution is -2.35. The highest BCUT2D eigenvalue weighted by Crippen LogP contribution is 2.22. The number of hydrogen-bond donors (Lipinski definition) is 2. The summed E-state index contributed by atoms with van der Waals surface area (Å²) in [7, 11) is 0. The fourth-order valence-electron chi connectivity index (χ4n) is 1.71. The number of hydrogen-bond acceptors (Lipinski definition) is 4. The van der Waals surface area contributed by atoms with E-state index in [4.69, 9.17) is 5.11 Å². The SMILES string of the molecule is CC(C)C(CNC(=O)c1cc([N+](=O)[O-])ccc1Br)C(=O)O. The number of nitro benzene ring substituents is 1. The van der Waals surface area contributed by atoms with Crippen LogP contribution in [0.4, 0.5) is 5.69 Å². The van der Waals surface area contributed by atoms with E-state index in [2.05, 4.69) is 21.2 Å². The van der Waals surface area contributed by atoms with Gasteiger partial charge in [0.1, 0.15) is 0 Å². The van der Waals surface area contributed by atoms with Crippen LogP contribution in [0.2, 0.25) is 0 Å². The second-order valence-electron chi connectivity index (χ2n) is 4.82. The Morgan fingerprint density at radius 1 is 1.43 bits per heavy atom. The standard InChI is InChI=1S/C13H15BrN2O5/c1-7(2)10(13(18)19)6-15-12(17)9-5-8(16(20)21)3-4-11(9)14/h3-5,7,10H,6H2,1-2H3,(H,15,17)(H,18,19). The van der Waals surface area contributed by atoms with E-state index < -0.39 is 22.7 Å². The van der Waals surface area contributed by atoms with Crippen molar-refractivity contribution >= 4 is 33.5 Å². The number of halogens is 1. The summed E-state index contributed by atoms with van der Waals surface area (Å²) in [4.78, 5) is 33.2. The van der Waals surface area contributed by atoms with Crippen molar-refractivity contribution in [2.45, 2.75) is 13.8 Å². The molecule has 0 saturated heterocycles. The topological polar surface area (TPSA) is 110 Å². The normalized spacial score (nSPS) is 12.0. The minimum atomic E-state index is -0.997. The minimum Gasteiger partial charge on any atom is -0.481 e. The Morgan fingerprint density at radius 3 is 2.52 bits per heavy atom. The first-order valence-corrected chi connectivity index (χ1v) is 6.98. The average molecular weight is 359 g/mol. The van der Waals surface area contributed by atoms with E-state index in [0.717, 1.165) is 6.07 Å². The molecule has 0 aliphatic carbocycles. The summed E-state index contributed by atoms with van der Waals surface area (Å²) in [5.41, 5.74) is -0.112. The van der Waals surface area contributed by atoms with E-state index in [1.54, 1.807) is 13.8 Å². The maximum atomic E-state index is 12.0. The monoisotopic (exact) mass is 358 g/mol. The van der Waals surface area contributed by atoms with Crippen molar-refractivity contribution in [2.24, 2.45) is 11.8 Å². The summed E-state index contributed by atoms with van der Waals surface area (Å²) in [5, 5.41) is 22.3. The van der Waals surface area contributed by atoms with Gasteiger partial charge in [-0.15, -0.1) is 0 Å². The van der Waals surface area contributed by atoms with Crippen LogP contribution in [-0.2, 0) is 4.79 Å². The third kappa shape index (κ3) is 4.52. The Morgan fingerprint density at radius 2 is 2.05 bits per heavy atom. The molecule has 1 aromatic rings. The molecule has 0 fully saturated rings. The predicted octanol–water partition coefficient (Wildman–Crippen LogP) is 2.44. The van der Waals surface area contributed by atoms with Crippen molar-refractivity contribution in [1.29, 1.82) is 0 Å². The van der Waals surface area contributed by atoms with Gasteiger partial charge >= 0.3 is 5.97 Å². The van der Waals surface area contributed by atoms with E-state index >= 15 is 0 Å². The molecule has 8 heteroatoms. The molecule has 0 spiro atoms. The van der Waals surface area contributed by atoms with E-state index in [-0.39, 0.29) is 23.7 Å². The van der Waals surface area contributed by atoms with Gasteiger partial charge in [-0.25, -0.2) is 0 Å². The maximum absolute atomic E-state index is 12.0. The molecule has 0 radical (unpaired) electrons. The number of carboxylic acid groups (broad SMARTS) is 1. The summed E-state index contributed by atoms with van der Waals surface area (Å²) in [5.74, 6) is -2.41. The van der Waals surface area contributed by atoms with Gasteiger partial charge in [0, 0.05) is 23.2 Å². The first-order chi connectivity index (χ1) is 9.73. The minimum absolute atomic E-state index is 0.0407. The number of non-ortho nitro benzene ring substituents is 1. The van der Waals surface area contributed by atoms with Gasteiger partial charge < -0.3 is 10.4 Å². The summed E-state index contributed by atoms with van der Waals surface area (Å²) in [6, 6.07) is 3.82. The number of carbonyl (C=O) groups is 2. The lowest BCUT2D eigenvalue weighted by atomic mass is 9.96. The molecule has 0 aliphatic heterocycles. The predicted molar refractivity (Wildman–Crippen MR) is 79.1 cm³/mol. The zero-order chi connectivity index (χ0) is 16.2. The zero-order valence-corrected chi connectivity index (χ0v) is 13.1. The van der Waals surface area contributed by atoms with Crippen molar-refractivity contribution in [3.05, 3.63) is 38.3 Å². The zero-order valence-electron chi connectivity index (χ0n) is 11.5. The van der Waals surface area contributed by atoms with E-state index in [1.807, 2.05) is 0 Å². The second-order valence-corrected chi connectivity index (χ2v) is 5.67. The van der Waals surface area contributed by atoms with Crippen molar-refractivity contribution in [3.8, 4) is 0 Å². The highest BCUT2D eigenvalue weighted by atomic mass is 79.9. The molecule has 1 atom stereocenters. The third-order valence-corrected chi connectivity index (χ3v) is 3.70. The van der Waals surface area contributed by atoms with Crippen LogP contribution in [0.1, 0.15) is 24.2 Å². The van der Waals surface area contributed by atoms with Gasteiger partial charge in [0.25, 0.3) is 11.6 Å². The van der Waals surface area contributed by atoms with Gasteiger partial charge in [0.15, 0.2) is 0 Å². The van der Waals surface area contributed by atoms with Crippen LogP contribution in [0.5, 0.6) is 0 Å². The van der Waals surface area contributed by atoms with Crippen LogP contribution in [0.15, 0.2) is 22.7 Å². The Balaban J connectivity index is 2.87. The molecular weight excluding hydrogens is 344 g/mol. The fraction of sp³-hybridized carbons (Fsp3) is 0.385. The van der Waals surface area contributed by atoms with Crippen LogP contribution in [0.25, 0.3) is 0 Å². The fourth-order valence-corrected chi connectivity index (χ4v) is 2.13. The molecule has 2 N–H and O–H groups in total. The molecule has 7 nitrogen and oxygen atoms in total. The van der Waals surface area contributed by atoms with Crippen LogP contribution < -0.4 is 5.32 Å². The van der Waals surface area contributed by atoms with Gasteiger partial charge in [-0.05, 0) is 27.9 Å². The third-order valence-electron chi connectivity index (χ3n) is 3.01. The Labute approximate surface area is 129 Å². The highest BCUT2D eigenvalue weighted by Gasteiger charge is 2.23. The Kier molecular flexibility index (Phi) is 5.83. The Hall–Kier alpha value is -1.96. The van der Waals surface area contributed by atoms with Crippen molar-refractivity contribution in [2.75, 3.05) is 6.54 Å². The van der Waals surface area contributed by atoms with E-state index in [0.29, 0.717) is 4.47 Å². The molecule has 21 heavy (non-hydrogen) atoms. The quantitative estimate of drug-likeness (QED) is 0.599. The lowest BCUT2D eigenvalue weighted by molar-refractivity contribution is -0.384. The van der Waals surface area contributed by atoms with Gasteiger partial charge in [0.2, 0.25) is 0 Å². The number of nitrogens with one attached hydrogen (secondary N) is 1. The molecule has 1 unspecified atom stereocenters. The number of benzene rings is 1. The first-order valence-electron chi connectivity index (χ1n) is 6.19. The first kappa shape index (κ1) is 17.1. The number of amides is 1. The number of aliphatic carboxylic acids is 1. The highest BCUT2D eigenvalue weighted by molar-refractivity contribution is 9.10. The number of rotatable bonds is 6. The molecule has 114 valence electrons. The van der Waals surface area contributed by atoms with Gasteiger partial charge in [-0.3, -0.25) is 19.7 Å². The van der Waals surface area contributed by atoms with Crippen LogP contribution in [-0.4, -0.2) is 28.5 Å². The molecule has 1 amide bonds. The number of nitro groups is 1. The maximum Gasteiger partial charge on any atom is 0.308 e. The summed E-state index contributed by atoms with van der Waals surface area (Å²) in [6.07, 6.45) is 0. The van der Waals surface area contributed by atoms with Crippen molar-refractivity contribution in [3.63, 3.8) is 0 Å². The molecule has 1 rings (SSSR count). The van der Waals surface area contributed by atoms with E-state index in [9.17, 15) is 19.7 Å². The average Bonchev–Trinajstić information content (AvgIpc) is 2.37. The largest absolute Gasteiger partial charge is 0.481 e. The Bertz CT molecular complexity index is 574. The summed E-state index contributed by atoms with van der Waals surface area (Å²) >= 11 is 3.15. The van der Waals surface area contributed by atoms with Crippen LogP contribution >= 0.6 is 15.9 Å². The molecule has 0 aliphatic rings. The molecule has 0 saturated carbocycles. The summed E-state index contributed by atoms with van der Waals surface area (Å²) in [6.45, 7) is 3.45. The smallest absolute Gasteiger partial charge is 0.308 e. The number of carboxylic acids is 1. The van der Waals surface area contributed by atoms with E-state index in [1.165, 1.54) is 12.1 Å². The number of carbonyl (C=O) groups excluding carboxylic acids is 1. The van der Waals surface area contributed by atoms with Gasteiger partial charge in [0.05, 0.1) is 16.4 Å². The van der Waals surface area contributed by atoms with Crippen LogP contribution in [0.3, 0.4) is 0 Å². The second kappa shape index (κ2) is 7.16. The van der Waals surface area contributed by atoms with Gasteiger partial charge in [-0.1, -0.05) is 13.8 Å².